The van der Waals surface area contributed by atoms with E-state index >= 15 is 0 Å². The Morgan fingerprint density at radius 1 is 1.25 bits per heavy atom. The van der Waals surface area contributed by atoms with Crippen LogP contribution in [-0.2, 0) is 9.59 Å². The number of carbonyl (C=O) groups excluding carboxylic acids is 2. The molecule has 2 amide bonds. The molecule has 1 saturated carbocycles. The fraction of sp³-hybridized carbons (Fsp3) is 0.400. The van der Waals surface area contributed by atoms with Gasteiger partial charge in [-0.1, -0.05) is 0 Å². The van der Waals surface area contributed by atoms with Gasteiger partial charge in [-0.2, -0.15) is 5.26 Å². The molecule has 102 valence electrons. The topological polar surface area (TPSA) is 70.4 Å². The maximum atomic E-state index is 12.4. The number of nitrogens with zero attached hydrogens (tertiary/aromatic N) is 2. The van der Waals surface area contributed by atoms with E-state index in [2.05, 4.69) is 0 Å². The summed E-state index contributed by atoms with van der Waals surface area (Å²) in [7, 11) is 1.47. The summed E-state index contributed by atoms with van der Waals surface area (Å²) in [6.45, 7) is 0. The summed E-state index contributed by atoms with van der Waals surface area (Å²) in [6.07, 6.45) is 2.24. The lowest BCUT2D eigenvalue weighted by Gasteiger charge is -2.30. The molecule has 2 fully saturated rings. The van der Waals surface area contributed by atoms with E-state index in [1.807, 2.05) is 6.07 Å². The Hall–Kier alpha value is -2.35. The van der Waals surface area contributed by atoms with Crippen LogP contribution in [0, 0.1) is 23.2 Å². The number of rotatable bonds is 2. The Balaban J connectivity index is 2.06. The Bertz CT molecular complexity index is 610. The first-order valence-electron chi connectivity index (χ1n) is 6.61. The standard InChI is InChI=1S/C15H14N2O3/c1-20-13-6-9(8-16)2-5-12(13)17-14(18)10-3-4-11(7-10)15(17)19/h2,5-6,10-11H,3-4,7H2,1H3. The molecule has 2 aliphatic rings. The smallest absolute Gasteiger partial charge is 0.237 e. The molecular formula is C15H14N2O3. The highest BCUT2D eigenvalue weighted by molar-refractivity contribution is 6.19. The number of nitriles is 1. The summed E-state index contributed by atoms with van der Waals surface area (Å²) in [5, 5.41) is 8.90. The van der Waals surface area contributed by atoms with Crippen LogP contribution < -0.4 is 9.64 Å². The number of hydrogen-bond donors (Lipinski definition) is 0. The highest BCUT2D eigenvalue weighted by atomic mass is 16.5. The quantitative estimate of drug-likeness (QED) is 0.769. The minimum atomic E-state index is -0.147. The number of imide groups is 1. The molecule has 2 unspecified atom stereocenters. The molecule has 0 aromatic heterocycles. The van der Waals surface area contributed by atoms with Crippen molar-refractivity contribution in [2.45, 2.75) is 19.3 Å². The molecule has 0 spiro atoms. The van der Waals surface area contributed by atoms with E-state index in [4.69, 9.17) is 10.00 Å². The first-order chi connectivity index (χ1) is 9.65. The number of anilines is 1. The summed E-state index contributed by atoms with van der Waals surface area (Å²) in [5.74, 6) is -0.0262. The molecule has 1 aromatic carbocycles. The van der Waals surface area contributed by atoms with Crippen LogP contribution in [0.4, 0.5) is 5.69 Å². The van der Waals surface area contributed by atoms with Gasteiger partial charge in [-0.25, -0.2) is 4.90 Å². The second-order valence-corrected chi connectivity index (χ2v) is 5.22. The Morgan fingerprint density at radius 2 is 1.90 bits per heavy atom. The normalized spacial score (nSPS) is 24.7. The maximum Gasteiger partial charge on any atom is 0.237 e. The molecule has 3 rings (SSSR count). The highest BCUT2D eigenvalue weighted by Crippen LogP contribution is 2.42. The number of methoxy groups -OCH3 is 1. The van der Waals surface area contributed by atoms with E-state index in [1.165, 1.54) is 12.0 Å². The van der Waals surface area contributed by atoms with Gasteiger partial charge in [-0.05, 0) is 31.4 Å². The number of carbonyl (C=O) groups is 2. The molecule has 1 heterocycles. The minimum absolute atomic E-state index is 0.0574. The van der Waals surface area contributed by atoms with E-state index < -0.39 is 0 Å². The lowest BCUT2D eigenvalue weighted by Crippen LogP contribution is -2.46. The fourth-order valence-corrected chi connectivity index (χ4v) is 3.07. The molecule has 1 aliphatic heterocycles. The third-order valence-electron chi connectivity index (χ3n) is 4.12. The average Bonchev–Trinajstić information content (AvgIpc) is 2.93. The Kier molecular flexibility index (Phi) is 2.94. The largest absolute Gasteiger partial charge is 0.495 e. The minimum Gasteiger partial charge on any atom is -0.495 e. The van der Waals surface area contributed by atoms with Crippen LogP contribution in [0.1, 0.15) is 24.8 Å². The van der Waals surface area contributed by atoms with Gasteiger partial charge >= 0.3 is 0 Å². The van der Waals surface area contributed by atoms with E-state index in [-0.39, 0.29) is 23.7 Å². The van der Waals surface area contributed by atoms with E-state index in [1.54, 1.807) is 18.2 Å². The molecule has 1 aromatic rings. The van der Waals surface area contributed by atoms with Crippen LogP contribution in [0.3, 0.4) is 0 Å². The van der Waals surface area contributed by atoms with Crippen molar-refractivity contribution in [3.8, 4) is 11.8 Å². The van der Waals surface area contributed by atoms with Gasteiger partial charge in [-0.3, -0.25) is 9.59 Å². The van der Waals surface area contributed by atoms with E-state index in [9.17, 15) is 9.59 Å². The van der Waals surface area contributed by atoms with Crippen molar-refractivity contribution in [3.63, 3.8) is 0 Å². The molecule has 1 aliphatic carbocycles. The summed E-state index contributed by atoms with van der Waals surface area (Å²) in [4.78, 5) is 26.0. The Labute approximate surface area is 116 Å². The van der Waals surface area contributed by atoms with Gasteiger partial charge in [0, 0.05) is 17.9 Å². The maximum absolute atomic E-state index is 12.4. The van der Waals surface area contributed by atoms with Crippen molar-refractivity contribution in [2.24, 2.45) is 11.8 Å². The molecule has 2 bridgehead atoms. The number of piperidine rings is 1. The van der Waals surface area contributed by atoms with Gasteiger partial charge in [0.15, 0.2) is 0 Å². The van der Waals surface area contributed by atoms with E-state index in [0.717, 1.165) is 12.8 Å². The van der Waals surface area contributed by atoms with E-state index in [0.29, 0.717) is 23.4 Å². The summed E-state index contributed by atoms with van der Waals surface area (Å²) in [5.41, 5.74) is 0.878. The lowest BCUT2D eigenvalue weighted by molar-refractivity contribution is -0.133. The van der Waals surface area contributed by atoms with Gasteiger partial charge in [0.1, 0.15) is 5.75 Å². The Morgan fingerprint density at radius 3 is 2.45 bits per heavy atom. The van der Waals surface area contributed by atoms with Gasteiger partial charge in [-0.15, -0.1) is 0 Å². The number of ether oxygens (including phenoxy) is 1. The summed E-state index contributed by atoms with van der Waals surface area (Å²) in [6, 6.07) is 6.77. The van der Waals surface area contributed by atoms with Gasteiger partial charge < -0.3 is 4.74 Å². The first-order valence-corrected chi connectivity index (χ1v) is 6.61. The zero-order chi connectivity index (χ0) is 14.3. The lowest BCUT2D eigenvalue weighted by atomic mass is 9.96. The number of amides is 2. The second kappa shape index (κ2) is 4.64. The summed E-state index contributed by atoms with van der Waals surface area (Å²) >= 11 is 0. The van der Waals surface area contributed by atoms with Crippen molar-refractivity contribution >= 4 is 17.5 Å². The van der Waals surface area contributed by atoms with Gasteiger partial charge in [0.2, 0.25) is 11.8 Å². The van der Waals surface area contributed by atoms with Crippen molar-refractivity contribution < 1.29 is 14.3 Å². The SMILES string of the molecule is COc1cc(C#N)ccc1N1C(=O)C2CCC(C2)C1=O. The zero-order valence-electron chi connectivity index (χ0n) is 11.1. The predicted octanol–water partition coefficient (Wildman–Crippen LogP) is 1.86. The van der Waals surface area contributed by atoms with Gasteiger partial charge in [0.05, 0.1) is 24.4 Å². The second-order valence-electron chi connectivity index (χ2n) is 5.22. The van der Waals surface area contributed by atoms with Crippen LogP contribution in [0.5, 0.6) is 5.75 Å². The molecule has 0 radical (unpaired) electrons. The van der Waals surface area contributed by atoms with Crippen LogP contribution in [0.15, 0.2) is 18.2 Å². The van der Waals surface area contributed by atoms with Crippen LogP contribution in [0.25, 0.3) is 0 Å². The first kappa shape index (κ1) is 12.7. The van der Waals surface area contributed by atoms with Crippen LogP contribution >= 0.6 is 0 Å². The molecule has 5 nitrogen and oxygen atoms in total. The zero-order valence-corrected chi connectivity index (χ0v) is 11.1. The third-order valence-corrected chi connectivity index (χ3v) is 4.12. The van der Waals surface area contributed by atoms with Crippen molar-refractivity contribution in [1.82, 2.24) is 0 Å². The van der Waals surface area contributed by atoms with Crippen LogP contribution in [0.2, 0.25) is 0 Å². The molecule has 5 heteroatoms. The molecule has 20 heavy (non-hydrogen) atoms. The number of benzene rings is 1. The number of hydrogen-bond acceptors (Lipinski definition) is 4. The molecule has 0 N–H and O–H groups in total. The predicted molar refractivity (Wildman–Crippen MR) is 71.0 cm³/mol. The molecular weight excluding hydrogens is 256 g/mol. The summed E-state index contributed by atoms with van der Waals surface area (Å²) < 4.78 is 5.23. The molecule has 2 atom stereocenters. The number of fused-ring (bicyclic) bond motifs is 2. The average molecular weight is 270 g/mol. The fourth-order valence-electron chi connectivity index (χ4n) is 3.07. The third kappa shape index (κ3) is 1.76. The van der Waals surface area contributed by atoms with Crippen molar-refractivity contribution in [1.29, 1.82) is 5.26 Å². The highest BCUT2D eigenvalue weighted by Gasteiger charge is 2.46. The van der Waals surface area contributed by atoms with Crippen molar-refractivity contribution in [2.75, 3.05) is 12.0 Å². The van der Waals surface area contributed by atoms with Crippen molar-refractivity contribution in [3.05, 3.63) is 23.8 Å². The molecule has 1 saturated heterocycles. The van der Waals surface area contributed by atoms with Gasteiger partial charge in [0.25, 0.3) is 0 Å². The monoisotopic (exact) mass is 270 g/mol. The van der Waals surface area contributed by atoms with Crippen LogP contribution in [-0.4, -0.2) is 18.9 Å².